The maximum atomic E-state index is 13.4. The topological polar surface area (TPSA) is 125 Å². The second-order valence-electron chi connectivity index (χ2n) is 10.4. The molecular weight excluding hydrogens is 554 g/mol. The van der Waals surface area contributed by atoms with Gasteiger partial charge in [0.1, 0.15) is 18.5 Å². The van der Waals surface area contributed by atoms with Gasteiger partial charge in [0.15, 0.2) is 23.0 Å². The minimum Gasteiger partial charge on any atom is -0.493 e. The van der Waals surface area contributed by atoms with Crippen molar-refractivity contribution >= 4 is 11.8 Å². The maximum Gasteiger partial charge on any atom is 0.242 e. The second kappa shape index (κ2) is 14.6. The predicted molar refractivity (Wildman–Crippen MR) is 161 cm³/mol. The lowest BCUT2D eigenvalue weighted by Gasteiger charge is -2.26. The molecule has 12 nitrogen and oxygen atoms in total. The number of nitrogens with zero attached hydrogens (tertiary/aromatic N) is 3. The Morgan fingerprint density at radius 2 is 1.72 bits per heavy atom. The van der Waals surface area contributed by atoms with Gasteiger partial charge in [-0.15, -0.1) is 0 Å². The summed E-state index contributed by atoms with van der Waals surface area (Å²) in [6, 6.07) is 8.62. The van der Waals surface area contributed by atoms with E-state index in [9.17, 15) is 9.59 Å². The number of aromatic nitrogens is 2. The number of amides is 2. The van der Waals surface area contributed by atoms with Crippen molar-refractivity contribution in [2.75, 3.05) is 54.7 Å². The van der Waals surface area contributed by atoms with E-state index in [2.05, 4.69) is 15.6 Å². The van der Waals surface area contributed by atoms with E-state index in [1.807, 2.05) is 53.8 Å². The van der Waals surface area contributed by atoms with Gasteiger partial charge in [-0.25, -0.2) is 4.98 Å². The molecule has 4 rings (SSSR count). The largest absolute Gasteiger partial charge is 0.493 e. The minimum absolute atomic E-state index is 0.0178. The number of carbonyl (C=O) groups excluding carboxylic acids is 2. The van der Waals surface area contributed by atoms with Crippen LogP contribution in [0.4, 0.5) is 0 Å². The van der Waals surface area contributed by atoms with Crippen LogP contribution in [-0.2, 0) is 22.7 Å². The molecule has 2 N–H and O–H groups in total. The first-order valence-electron chi connectivity index (χ1n) is 14.2. The molecule has 1 aliphatic rings. The number of hydrogen-bond acceptors (Lipinski definition) is 9. The lowest BCUT2D eigenvalue weighted by atomic mass is 10.0. The number of benzene rings is 2. The molecule has 0 saturated carbocycles. The van der Waals surface area contributed by atoms with Crippen LogP contribution in [0.25, 0.3) is 11.4 Å². The van der Waals surface area contributed by atoms with E-state index in [0.717, 1.165) is 17.0 Å². The molecule has 0 radical (unpaired) electrons. The first-order chi connectivity index (χ1) is 20.8. The standard InChI is InChI=1S/C31H41N5O7/c1-20(2)27-31(38)33-12-14-36-13-11-32-30(36)21-7-9-23(39-3)25(17-21)43-16-15-35(19-26(37)34-27)18-22-8-10-24(40-4)29(42-6)28(22)41-5/h7-11,13,17,20,27H,12,14-16,18-19H2,1-6H3,(H,33,38)(H,34,37)/t27-/m1/s1. The van der Waals surface area contributed by atoms with Gasteiger partial charge in [0.05, 0.1) is 35.0 Å². The fourth-order valence-corrected chi connectivity index (χ4v) is 5.07. The smallest absolute Gasteiger partial charge is 0.242 e. The van der Waals surface area contributed by atoms with Gasteiger partial charge in [0.25, 0.3) is 0 Å². The van der Waals surface area contributed by atoms with Crippen molar-refractivity contribution < 1.29 is 33.3 Å². The van der Waals surface area contributed by atoms with Crippen molar-refractivity contribution in [3.8, 4) is 40.1 Å². The molecule has 1 atom stereocenters. The Hall–Kier alpha value is -4.45. The molecule has 2 amide bonds. The molecule has 1 aromatic heterocycles. The number of methoxy groups -OCH3 is 4. The van der Waals surface area contributed by atoms with Crippen LogP contribution in [0.2, 0.25) is 0 Å². The van der Waals surface area contributed by atoms with Crippen LogP contribution in [0, 0.1) is 5.92 Å². The molecule has 0 aliphatic carbocycles. The highest BCUT2D eigenvalue weighted by atomic mass is 16.5. The van der Waals surface area contributed by atoms with E-state index in [1.165, 1.54) is 0 Å². The predicted octanol–water partition coefficient (Wildman–Crippen LogP) is 2.74. The van der Waals surface area contributed by atoms with Crippen molar-refractivity contribution in [1.82, 2.24) is 25.1 Å². The number of ether oxygens (including phenoxy) is 5. The summed E-state index contributed by atoms with van der Waals surface area (Å²) in [6.07, 6.45) is 3.58. The average molecular weight is 596 g/mol. The molecule has 0 saturated heterocycles. The van der Waals surface area contributed by atoms with Crippen molar-refractivity contribution in [1.29, 1.82) is 0 Å². The Bertz CT molecular complexity index is 1410. The normalized spacial score (nSPS) is 16.8. The van der Waals surface area contributed by atoms with E-state index in [-0.39, 0.29) is 30.9 Å². The average Bonchev–Trinajstić information content (AvgIpc) is 3.47. The summed E-state index contributed by atoms with van der Waals surface area (Å²) in [5, 5.41) is 5.91. The van der Waals surface area contributed by atoms with Crippen LogP contribution in [0.1, 0.15) is 19.4 Å². The summed E-state index contributed by atoms with van der Waals surface area (Å²) >= 11 is 0. The third-order valence-corrected chi connectivity index (χ3v) is 7.27. The van der Waals surface area contributed by atoms with Crippen LogP contribution in [0.3, 0.4) is 0 Å². The molecule has 43 heavy (non-hydrogen) atoms. The Kier molecular flexibility index (Phi) is 10.7. The lowest BCUT2D eigenvalue weighted by Crippen LogP contribution is -2.52. The first-order valence-corrected chi connectivity index (χ1v) is 14.2. The fourth-order valence-electron chi connectivity index (χ4n) is 5.07. The molecular formula is C31H41N5O7. The summed E-state index contributed by atoms with van der Waals surface area (Å²) in [5.41, 5.74) is 1.64. The SMILES string of the molecule is COc1ccc2cc1OCCN(Cc1ccc(OC)c(OC)c1OC)CC(=O)N[C@H](C(C)C)C(=O)NCCn1ccnc1-2. The van der Waals surface area contributed by atoms with E-state index in [4.69, 9.17) is 23.7 Å². The zero-order valence-corrected chi connectivity index (χ0v) is 25.6. The molecule has 0 unspecified atom stereocenters. The summed E-state index contributed by atoms with van der Waals surface area (Å²) in [6.45, 7) is 5.67. The molecule has 2 heterocycles. The van der Waals surface area contributed by atoms with E-state index < -0.39 is 6.04 Å². The number of nitrogens with one attached hydrogen (secondary N) is 2. The van der Waals surface area contributed by atoms with E-state index >= 15 is 0 Å². The van der Waals surface area contributed by atoms with Crippen LogP contribution < -0.4 is 34.3 Å². The number of carbonyl (C=O) groups is 2. The van der Waals surface area contributed by atoms with E-state index in [1.54, 1.807) is 40.7 Å². The number of fused-ring (bicyclic) bond motifs is 4. The van der Waals surface area contributed by atoms with Gasteiger partial charge in [-0.2, -0.15) is 0 Å². The molecule has 3 aromatic rings. The summed E-state index contributed by atoms with van der Waals surface area (Å²) in [7, 11) is 6.26. The maximum absolute atomic E-state index is 13.4. The van der Waals surface area contributed by atoms with Gasteiger partial charge in [0, 0.05) is 49.7 Å². The minimum atomic E-state index is -0.696. The Morgan fingerprint density at radius 1 is 0.977 bits per heavy atom. The van der Waals surface area contributed by atoms with Gasteiger partial charge < -0.3 is 38.9 Å². The van der Waals surface area contributed by atoms with E-state index in [0.29, 0.717) is 54.9 Å². The summed E-state index contributed by atoms with van der Waals surface area (Å²) in [5.74, 6) is 2.74. The van der Waals surface area contributed by atoms with Crippen molar-refractivity contribution in [2.45, 2.75) is 33.0 Å². The number of imidazole rings is 1. The van der Waals surface area contributed by atoms with Gasteiger partial charge >= 0.3 is 0 Å². The summed E-state index contributed by atoms with van der Waals surface area (Å²) < 4.78 is 30.4. The molecule has 232 valence electrons. The highest BCUT2D eigenvalue weighted by Gasteiger charge is 2.26. The van der Waals surface area contributed by atoms with Crippen LogP contribution >= 0.6 is 0 Å². The Labute approximate surface area is 252 Å². The molecule has 1 aliphatic heterocycles. The molecule has 2 aromatic carbocycles. The Morgan fingerprint density at radius 3 is 2.42 bits per heavy atom. The third-order valence-electron chi connectivity index (χ3n) is 7.27. The van der Waals surface area contributed by atoms with Crippen molar-refractivity contribution in [3.63, 3.8) is 0 Å². The monoisotopic (exact) mass is 595 g/mol. The third kappa shape index (κ3) is 7.50. The van der Waals surface area contributed by atoms with Crippen molar-refractivity contribution in [2.24, 2.45) is 5.92 Å². The zero-order valence-electron chi connectivity index (χ0n) is 25.6. The van der Waals surface area contributed by atoms with Crippen LogP contribution in [0.5, 0.6) is 28.7 Å². The van der Waals surface area contributed by atoms with Crippen LogP contribution in [-0.4, -0.2) is 87.0 Å². The number of hydrogen-bond donors (Lipinski definition) is 2. The van der Waals surface area contributed by atoms with Gasteiger partial charge in [-0.05, 0) is 30.2 Å². The molecule has 0 spiro atoms. The summed E-state index contributed by atoms with van der Waals surface area (Å²) in [4.78, 5) is 33.0. The van der Waals surface area contributed by atoms with Gasteiger partial charge in [-0.1, -0.05) is 19.9 Å². The molecule has 2 bridgehead atoms. The quantitative estimate of drug-likeness (QED) is 0.424. The highest BCUT2D eigenvalue weighted by molar-refractivity contribution is 5.88. The highest BCUT2D eigenvalue weighted by Crippen LogP contribution is 2.40. The van der Waals surface area contributed by atoms with Gasteiger partial charge in [0.2, 0.25) is 17.6 Å². The fraction of sp³-hybridized carbons (Fsp3) is 0.452. The van der Waals surface area contributed by atoms with Crippen LogP contribution in [0.15, 0.2) is 42.7 Å². The second-order valence-corrected chi connectivity index (χ2v) is 10.4. The Balaban J connectivity index is 1.67. The number of rotatable bonds is 7. The van der Waals surface area contributed by atoms with Gasteiger partial charge in [-0.3, -0.25) is 14.5 Å². The molecule has 0 fully saturated rings. The molecule has 12 heteroatoms. The lowest BCUT2D eigenvalue weighted by molar-refractivity contribution is -0.130. The van der Waals surface area contributed by atoms with Crippen molar-refractivity contribution in [3.05, 3.63) is 48.3 Å². The zero-order chi connectivity index (χ0) is 30.9. The first kappa shape index (κ1) is 31.5.